The van der Waals surface area contributed by atoms with Crippen molar-refractivity contribution in [1.29, 1.82) is 0 Å². The highest BCUT2D eigenvalue weighted by Gasteiger charge is 2.58. The monoisotopic (exact) mass is 246 g/mol. The van der Waals surface area contributed by atoms with Crippen molar-refractivity contribution in [3.05, 3.63) is 0 Å². The van der Waals surface area contributed by atoms with E-state index >= 15 is 0 Å². The van der Waals surface area contributed by atoms with E-state index in [1.165, 1.54) is 0 Å². The fourth-order valence-corrected chi connectivity index (χ4v) is 1.75. The first-order chi connectivity index (χ1) is 7.26. The molecule has 0 atom stereocenters. The van der Waals surface area contributed by atoms with E-state index < -0.39 is 18.6 Å². The molecule has 0 saturated carbocycles. The van der Waals surface area contributed by atoms with Gasteiger partial charge in [-0.2, -0.15) is 22.0 Å². The molecule has 1 aliphatic heterocycles. The maximum Gasteiger partial charge on any atom is 0.454 e. The second-order valence-electron chi connectivity index (χ2n) is 4.16. The smallest absolute Gasteiger partial charge is 0.330 e. The van der Waals surface area contributed by atoms with Crippen molar-refractivity contribution in [3.8, 4) is 0 Å². The molecule has 2 nitrogen and oxygen atoms in total. The van der Waals surface area contributed by atoms with Crippen molar-refractivity contribution in [2.45, 2.75) is 24.9 Å². The standard InChI is InChI=1S/C9H15F5N2/c10-8(11,9(12,13)14)6-16-3-1-7(5-15)2-4-16/h7H,1-6,15H2. The van der Waals surface area contributed by atoms with Gasteiger partial charge in [0.1, 0.15) is 0 Å². The van der Waals surface area contributed by atoms with Crippen LogP contribution in [0, 0.1) is 5.92 Å². The van der Waals surface area contributed by atoms with Gasteiger partial charge < -0.3 is 5.73 Å². The van der Waals surface area contributed by atoms with Gasteiger partial charge in [0, 0.05) is 0 Å². The number of likely N-dealkylation sites (tertiary alicyclic amines) is 1. The van der Waals surface area contributed by atoms with Crippen LogP contribution in [0.3, 0.4) is 0 Å². The molecule has 0 unspecified atom stereocenters. The molecule has 0 aromatic heterocycles. The Morgan fingerprint density at radius 3 is 1.94 bits per heavy atom. The average Bonchev–Trinajstić information content (AvgIpc) is 2.16. The van der Waals surface area contributed by atoms with Crippen molar-refractivity contribution in [2.24, 2.45) is 11.7 Å². The number of nitrogens with two attached hydrogens (primary N) is 1. The average molecular weight is 246 g/mol. The van der Waals surface area contributed by atoms with Crippen LogP contribution >= 0.6 is 0 Å². The van der Waals surface area contributed by atoms with E-state index in [9.17, 15) is 22.0 Å². The van der Waals surface area contributed by atoms with E-state index in [2.05, 4.69) is 0 Å². The van der Waals surface area contributed by atoms with Gasteiger partial charge in [0.25, 0.3) is 0 Å². The third kappa shape index (κ3) is 3.28. The molecule has 0 aromatic rings. The Labute approximate surface area is 90.6 Å². The second-order valence-corrected chi connectivity index (χ2v) is 4.16. The molecule has 1 saturated heterocycles. The lowest BCUT2D eigenvalue weighted by Gasteiger charge is -2.34. The van der Waals surface area contributed by atoms with Crippen molar-refractivity contribution < 1.29 is 22.0 Å². The van der Waals surface area contributed by atoms with E-state index in [-0.39, 0.29) is 19.0 Å². The molecule has 96 valence electrons. The fourth-order valence-electron chi connectivity index (χ4n) is 1.75. The van der Waals surface area contributed by atoms with Gasteiger partial charge in [-0.1, -0.05) is 0 Å². The van der Waals surface area contributed by atoms with Crippen molar-refractivity contribution >= 4 is 0 Å². The van der Waals surface area contributed by atoms with Gasteiger partial charge in [-0.25, -0.2) is 0 Å². The fraction of sp³-hybridized carbons (Fsp3) is 1.00. The Bertz CT molecular complexity index is 220. The largest absolute Gasteiger partial charge is 0.454 e. The maximum atomic E-state index is 12.7. The van der Waals surface area contributed by atoms with Crippen LogP contribution in [0.15, 0.2) is 0 Å². The Kier molecular flexibility index (Phi) is 4.12. The van der Waals surface area contributed by atoms with Crippen molar-refractivity contribution in [2.75, 3.05) is 26.2 Å². The Hall–Kier alpha value is -0.430. The molecule has 0 amide bonds. The molecule has 0 radical (unpaired) electrons. The molecule has 0 spiro atoms. The Morgan fingerprint density at radius 1 is 1.06 bits per heavy atom. The van der Waals surface area contributed by atoms with Gasteiger partial charge in [-0.05, 0) is 38.4 Å². The van der Waals surface area contributed by atoms with Crippen LogP contribution in [-0.4, -0.2) is 43.2 Å². The SMILES string of the molecule is NCC1CCN(CC(F)(F)C(F)(F)F)CC1. The highest BCUT2D eigenvalue weighted by Crippen LogP contribution is 2.36. The quantitative estimate of drug-likeness (QED) is 0.770. The van der Waals surface area contributed by atoms with Crippen LogP contribution in [0.25, 0.3) is 0 Å². The third-order valence-electron chi connectivity index (χ3n) is 2.88. The van der Waals surface area contributed by atoms with Gasteiger partial charge in [-0.15, -0.1) is 0 Å². The molecule has 0 bridgehead atoms. The summed E-state index contributed by atoms with van der Waals surface area (Å²) in [6, 6.07) is 0. The summed E-state index contributed by atoms with van der Waals surface area (Å²) >= 11 is 0. The van der Waals surface area contributed by atoms with Crippen molar-refractivity contribution in [1.82, 2.24) is 4.90 Å². The van der Waals surface area contributed by atoms with Crippen LogP contribution in [0.2, 0.25) is 0 Å². The zero-order valence-electron chi connectivity index (χ0n) is 8.73. The summed E-state index contributed by atoms with van der Waals surface area (Å²) in [5, 5.41) is 0. The molecule has 7 heteroatoms. The highest BCUT2D eigenvalue weighted by molar-refractivity contribution is 4.82. The summed E-state index contributed by atoms with van der Waals surface area (Å²) in [5.41, 5.74) is 5.40. The number of alkyl halides is 5. The maximum absolute atomic E-state index is 12.7. The number of rotatable bonds is 3. The van der Waals surface area contributed by atoms with Crippen molar-refractivity contribution in [3.63, 3.8) is 0 Å². The van der Waals surface area contributed by atoms with Crippen LogP contribution in [0.4, 0.5) is 22.0 Å². The summed E-state index contributed by atoms with van der Waals surface area (Å²) in [7, 11) is 0. The molecule has 0 aromatic carbocycles. The Balaban J connectivity index is 2.45. The molecule has 0 aliphatic carbocycles. The normalized spacial score (nSPS) is 21.4. The molecule has 1 rings (SSSR count). The van der Waals surface area contributed by atoms with Gasteiger partial charge in [0.2, 0.25) is 0 Å². The third-order valence-corrected chi connectivity index (χ3v) is 2.88. The lowest BCUT2D eigenvalue weighted by Crippen LogP contribution is -2.49. The zero-order chi connectivity index (χ0) is 12.4. The molecule has 2 N–H and O–H groups in total. The number of piperidine rings is 1. The summed E-state index contributed by atoms with van der Waals surface area (Å²) in [5.74, 6) is -4.38. The zero-order valence-corrected chi connectivity index (χ0v) is 8.73. The van der Waals surface area contributed by atoms with E-state index in [4.69, 9.17) is 5.73 Å². The Morgan fingerprint density at radius 2 is 1.56 bits per heavy atom. The number of nitrogens with zero attached hydrogens (tertiary/aromatic N) is 1. The molecule has 16 heavy (non-hydrogen) atoms. The summed E-state index contributed by atoms with van der Waals surface area (Å²) in [6.45, 7) is -0.266. The van der Waals surface area contributed by atoms with E-state index in [0.717, 1.165) is 4.90 Å². The van der Waals surface area contributed by atoms with Gasteiger partial charge in [-0.3, -0.25) is 4.90 Å². The minimum atomic E-state index is -5.46. The first kappa shape index (κ1) is 13.6. The van der Waals surface area contributed by atoms with Gasteiger partial charge in [0.05, 0.1) is 6.54 Å². The predicted octanol–water partition coefficient (Wildman–Crippen LogP) is 1.85. The first-order valence-electron chi connectivity index (χ1n) is 5.13. The molecular weight excluding hydrogens is 231 g/mol. The summed E-state index contributed by atoms with van der Waals surface area (Å²) < 4.78 is 61.2. The lowest BCUT2D eigenvalue weighted by atomic mass is 9.97. The molecular formula is C9H15F5N2. The molecule has 1 fully saturated rings. The van der Waals surface area contributed by atoms with E-state index in [0.29, 0.717) is 19.4 Å². The van der Waals surface area contributed by atoms with Crippen LogP contribution in [-0.2, 0) is 0 Å². The van der Waals surface area contributed by atoms with Crippen LogP contribution < -0.4 is 5.73 Å². The van der Waals surface area contributed by atoms with Gasteiger partial charge >= 0.3 is 12.1 Å². The molecule has 1 aliphatic rings. The minimum absolute atomic E-state index is 0.246. The topological polar surface area (TPSA) is 29.3 Å². The predicted molar refractivity (Wildman–Crippen MR) is 49.2 cm³/mol. The van der Waals surface area contributed by atoms with E-state index in [1.54, 1.807) is 0 Å². The number of hydrogen-bond acceptors (Lipinski definition) is 2. The first-order valence-corrected chi connectivity index (χ1v) is 5.13. The second kappa shape index (κ2) is 4.83. The van der Waals surface area contributed by atoms with Gasteiger partial charge in [0.15, 0.2) is 0 Å². The summed E-state index contributed by atoms with van der Waals surface area (Å²) in [6.07, 6.45) is -4.29. The number of hydrogen-bond donors (Lipinski definition) is 1. The highest BCUT2D eigenvalue weighted by atomic mass is 19.4. The van der Waals surface area contributed by atoms with Crippen LogP contribution in [0.1, 0.15) is 12.8 Å². The lowest BCUT2D eigenvalue weighted by molar-refractivity contribution is -0.287. The van der Waals surface area contributed by atoms with E-state index in [1.807, 2.05) is 0 Å². The minimum Gasteiger partial charge on any atom is -0.330 e. The molecule has 1 heterocycles. The number of halogens is 5. The van der Waals surface area contributed by atoms with Crippen LogP contribution in [0.5, 0.6) is 0 Å². The summed E-state index contributed by atoms with van der Waals surface area (Å²) in [4.78, 5) is 1.15.